The number of carbonyl (C=O) groups excluding carboxylic acids is 2. The summed E-state index contributed by atoms with van der Waals surface area (Å²) in [5.41, 5.74) is 1.76. The van der Waals surface area contributed by atoms with Gasteiger partial charge in [-0.1, -0.05) is 37.3 Å². The minimum Gasteiger partial charge on any atom is -0.491 e. The Hall–Kier alpha value is -2.54. The molecule has 1 unspecified atom stereocenters. The van der Waals surface area contributed by atoms with E-state index in [0.717, 1.165) is 31.5 Å². The van der Waals surface area contributed by atoms with Gasteiger partial charge in [0.15, 0.2) is 11.6 Å². The number of morpholine rings is 1. The second kappa shape index (κ2) is 9.94. The summed E-state index contributed by atoms with van der Waals surface area (Å²) in [5.74, 6) is 0.417. The number of nitrogens with one attached hydrogen (secondary N) is 1. The number of ether oxygens (including phenoxy) is 2. The number of fused-ring (bicyclic) bond motifs is 1. The standard InChI is InChI=1S/C26H31NO5/c1-2-23(29)21-13-18(24(30)10-6-9-20-15-27-11-12-31-20)14-22-25(21)32-17-26(22,16-28)19-7-4-3-5-8-19/h3-5,7-8,13-14,20,27-28H,2,6,9-12,15-17H2,1H3/t20-,26?/m1/s1. The first-order chi connectivity index (χ1) is 15.6. The van der Waals surface area contributed by atoms with Gasteiger partial charge in [-0.3, -0.25) is 9.59 Å². The predicted octanol–water partition coefficient (Wildman–Crippen LogP) is 3.29. The molecule has 0 spiro atoms. The highest BCUT2D eigenvalue weighted by molar-refractivity contribution is 6.04. The van der Waals surface area contributed by atoms with E-state index < -0.39 is 5.41 Å². The number of rotatable bonds is 9. The summed E-state index contributed by atoms with van der Waals surface area (Å²) in [6.07, 6.45) is 2.38. The van der Waals surface area contributed by atoms with Crippen LogP contribution in [0.4, 0.5) is 0 Å². The Labute approximate surface area is 188 Å². The molecule has 2 aliphatic heterocycles. The van der Waals surface area contributed by atoms with Crippen LogP contribution in [-0.2, 0) is 10.2 Å². The molecule has 0 amide bonds. The van der Waals surface area contributed by atoms with Crippen molar-refractivity contribution in [3.63, 3.8) is 0 Å². The third-order valence-corrected chi connectivity index (χ3v) is 6.54. The van der Waals surface area contributed by atoms with Gasteiger partial charge in [-0.05, 0) is 30.5 Å². The fraction of sp³-hybridized carbons (Fsp3) is 0.462. The topological polar surface area (TPSA) is 84.9 Å². The van der Waals surface area contributed by atoms with Crippen molar-refractivity contribution < 1.29 is 24.2 Å². The second-order valence-electron chi connectivity index (χ2n) is 8.58. The summed E-state index contributed by atoms with van der Waals surface area (Å²) in [6.45, 7) is 4.25. The molecular weight excluding hydrogens is 406 g/mol. The lowest BCUT2D eigenvalue weighted by molar-refractivity contribution is 0.0222. The Balaban J connectivity index is 1.64. The second-order valence-corrected chi connectivity index (χ2v) is 8.58. The van der Waals surface area contributed by atoms with Crippen molar-refractivity contribution >= 4 is 11.6 Å². The van der Waals surface area contributed by atoms with Crippen molar-refractivity contribution in [1.29, 1.82) is 0 Å². The van der Waals surface area contributed by atoms with Gasteiger partial charge >= 0.3 is 0 Å². The van der Waals surface area contributed by atoms with E-state index in [1.165, 1.54) is 0 Å². The molecule has 32 heavy (non-hydrogen) atoms. The molecule has 0 bridgehead atoms. The van der Waals surface area contributed by atoms with E-state index in [-0.39, 0.29) is 30.9 Å². The Bertz CT molecular complexity index is 968. The average Bonchev–Trinajstić information content (AvgIpc) is 3.24. The van der Waals surface area contributed by atoms with Crippen LogP contribution in [0.3, 0.4) is 0 Å². The quantitative estimate of drug-likeness (QED) is 0.586. The van der Waals surface area contributed by atoms with Crippen molar-refractivity contribution in [2.75, 3.05) is 32.9 Å². The highest BCUT2D eigenvalue weighted by Crippen LogP contribution is 2.46. The lowest BCUT2D eigenvalue weighted by atomic mass is 9.75. The molecule has 6 nitrogen and oxygen atoms in total. The molecule has 2 heterocycles. The highest BCUT2D eigenvalue weighted by Gasteiger charge is 2.44. The van der Waals surface area contributed by atoms with Gasteiger partial charge in [0, 0.05) is 37.1 Å². The van der Waals surface area contributed by atoms with Crippen LogP contribution in [0.1, 0.15) is 64.4 Å². The van der Waals surface area contributed by atoms with E-state index in [1.807, 2.05) is 36.4 Å². The first-order valence-corrected chi connectivity index (χ1v) is 11.5. The molecule has 2 N–H and O–H groups in total. The van der Waals surface area contributed by atoms with Crippen LogP contribution in [0.25, 0.3) is 0 Å². The van der Waals surface area contributed by atoms with E-state index in [4.69, 9.17) is 9.47 Å². The van der Waals surface area contributed by atoms with Crippen LogP contribution < -0.4 is 10.1 Å². The molecule has 0 radical (unpaired) electrons. The maximum atomic E-state index is 13.1. The predicted molar refractivity (Wildman–Crippen MR) is 122 cm³/mol. The van der Waals surface area contributed by atoms with Gasteiger partial charge in [0.2, 0.25) is 0 Å². The molecule has 0 aromatic heterocycles. The van der Waals surface area contributed by atoms with Crippen LogP contribution in [0.2, 0.25) is 0 Å². The van der Waals surface area contributed by atoms with Crippen molar-refractivity contribution in [1.82, 2.24) is 5.32 Å². The molecule has 2 aromatic carbocycles. The van der Waals surface area contributed by atoms with Gasteiger partial charge in [-0.2, -0.15) is 0 Å². The number of hydrogen-bond acceptors (Lipinski definition) is 6. The third-order valence-electron chi connectivity index (χ3n) is 6.54. The zero-order chi connectivity index (χ0) is 22.6. The van der Waals surface area contributed by atoms with E-state index in [1.54, 1.807) is 13.0 Å². The van der Waals surface area contributed by atoms with E-state index in [9.17, 15) is 14.7 Å². The fourth-order valence-electron chi connectivity index (χ4n) is 4.63. The van der Waals surface area contributed by atoms with E-state index >= 15 is 0 Å². The minimum absolute atomic E-state index is 0.00600. The lowest BCUT2D eigenvalue weighted by Gasteiger charge is -2.26. The molecule has 170 valence electrons. The number of aliphatic hydroxyl groups is 1. The fourth-order valence-corrected chi connectivity index (χ4v) is 4.63. The van der Waals surface area contributed by atoms with Crippen LogP contribution >= 0.6 is 0 Å². The monoisotopic (exact) mass is 437 g/mol. The summed E-state index contributed by atoms with van der Waals surface area (Å²) in [6, 6.07) is 13.1. The van der Waals surface area contributed by atoms with Gasteiger partial charge in [0.1, 0.15) is 12.4 Å². The number of benzene rings is 2. The summed E-state index contributed by atoms with van der Waals surface area (Å²) in [5, 5.41) is 13.8. The summed E-state index contributed by atoms with van der Waals surface area (Å²) >= 11 is 0. The molecule has 4 rings (SSSR count). The molecule has 1 saturated heterocycles. The average molecular weight is 438 g/mol. The summed E-state index contributed by atoms with van der Waals surface area (Å²) in [4.78, 5) is 25.8. The number of aliphatic hydroxyl groups excluding tert-OH is 1. The molecule has 0 aliphatic carbocycles. The van der Waals surface area contributed by atoms with Crippen molar-refractivity contribution in [3.8, 4) is 5.75 Å². The maximum absolute atomic E-state index is 13.1. The Morgan fingerprint density at radius 3 is 2.69 bits per heavy atom. The van der Waals surface area contributed by atoms with Crippen LogP contribution in [-0.4, -0.2) is 55.7 Å². The molecule has 2 aliphatic rings. The maximum Gasteiger partial charge on any atom is 0.166 e. The molecule has 0 saturated carbocycles. The van der Waals surface area contributed by atoms with E-state index in [0.29, 0.717) is 41.9 Å². The Morgan fingerprint density at radius 2 is 2.00 bits per heavy atom. The Morgan fingerprint density at radius 1 is 1.19 bits per heavy atom. The van der Waals surface area contributed by atoms with Crippen molar-refractivity contribution in [2.24, 2.45) is 0 Å². The Kier molecular flexibility index (Phi) is 7.04. The minimum atomic E-state index is -0.794. The van der Waals surface area contributed by atoms with Gasteiger partial charge < -0.3 is 19.9 Å². The first-order valence-electron chi connectivity index (χ1n) is 11.5. The van der Waals surface area contributed by atoms with Crippen LogP contribution in [0, 0.1) is 0 Å². The zero-order valence-corrected chi connectivity index (χ0v) is 18.6. The van der Waals surface area contributed by atoms with Crippen molar-refractivity contribution in [2.45, 2.75) is 44.1 Å². The third kappa shape index (κ3) is 4.35. The molecule has 2 atom stereocenters. The highest BCUT2D eigenvalue weighted by atomic mass is 16.5. The first kappa shape index (κ1) is 22.6. The van der Waals surface area contributed by atoms with Crippen LogP contribution in [0.15, 0.2) is 42.5 Å². The normalized spacial score (nSPS) is 22.2. The van der Waals surface area contributed by atoms with Crippen molar-refractivity contribution in [3.05, 3.63) is 64.7 Å². The number of Topliss-reactive ketones (excluding diaryl/α,β-unsaturated/α-hetero) is 2. The lowest BCUT2D eigenvalue weighted by Crippen LogP contribution is -2.38. The summed E-state index contributed by atoms with van der Waals surface area (Å²) < 4.78 is 11.7. The molecule has 1 fully saturated rings. The van der Waals surface area contributed by atoms with E-state index in [2.05, 4.69) is 5.32 Å². The van der Waals surface area contributed by atoms with Crippen LogP contribution in [0.5, 0.6) is 5.75 Å². The smallest absolute Gasteiger partial charge is 0.166 e. The molecule has 6 heteroatoms. The number of ketones is 2. The zero-order valence-electron chi connectivity index (χ0n) is 18.6. The summed E-state index contributed by atoms with van der Waals surface area (Å²) in [7, 11) is 0. The van der Waals surface area contributed by atoms with Gasteiger partial charge in [-0.15, -0.1) is 0 Å². The SMILES string of the molecule is CCC(=O)c1cc(C(=O)CCC[C@@H]2CNCCO2)cc2c1OCC2(CO)c1ccccc1. The van der Waals surface area contributed by atoms with Gasteiger partial charge in [0.25, 0.3) is 0 Å². The van der Waals surface area contributed by atoms with Gasteiger partial charge in [0.05, 0.1) is 30.3 Å². The molecule has 2 aromatic rings. The number of hydrogen-bond donors (Lipinski definition) is 2. The molecular formula is C26H31NO5. The van der Waals surface area contributed by atoms with Gasteiger partial charge in [-0.25, -0.2) is 0 Å². The largest absolute Gasteiger partial charge is 0.491 e. The number of carbonyl (C=O) groups is 2.